The fourth-order valence-corrected chi connectivity index (χ4v) is 2.74. The van der Waals surface area contributed by atoms with Gasteiger partial charge in [0.05, 0.1) is 0 Å². The Morgan fingerprint density at radius 1 is 1.14 bits per heavy atom. The third-order valence-corrected chi connectivity index (χ3v) is 4.24. The summed E-state index contributed by atoms with van der Waals surface area (Å²) in [5, 5.41) is 6.31. The molecular formula is C18H21BrN2O. The van der Waals surface area contributed by atoms with Crippen molar-refractivity contribution in [2.75, 3.05) is 17.2 Å². The lowest BCUT2D eigenvalue weighted by molar-refractivity contribution is -0.115. The van der Waals surface area contributed by atoms with E-state index in [9.17, 15) is 4.79 Å². The van der Waals surface area contributed by atoms with E-state index in [-0.39, 0.29) is 5.91 Å². The highest BCUT2D eigenvalue weighted by Gasteiger charge is 2.08. The van der Waals surface area contributed by atoms with Gasteiger partial charge in [-0.3, -0.25) is 4.79 Å². The van der Waals surface area contributed by atoms with E-state index in [0.717, 1.165) is 27.8 Å². The topological polar surface area (TPSA) is 41.1 Å². The fraction of sp³-hybridized carbons (Fsp3) is 0.278. The summed E-state index contributed by atoms with van der Waals surface area (Å²) in [4.78, 5) is 12.1. The lowest BCUT2D eigenvalue weighted by Gasteiger charge is -2.13. The monoisotopic (exact) mass is 360 g/mol. The van der Waals surface area contributed by atoms with Crippen LogP contribution in [0, 0.1) is 6.92 Å². The largest absolute Gasteiger partial charge is 0.384 e. The second-order valence-electron chi connectivity index (χ2n) is 5.17. The Labute approximate surface area is 140 Å². The molecular weight excluding hydrogens is 340 g/mol. The number of rotatable bonds is 6. The summed E-state index contributed by atoms with van der Waals surface area (Å²) in [5.41, 5.74) is 4.23. The van der Waals surface area contributed by atoms with Crippen LogP contribution in [-0.2, 0) is 11.2 Å². The van der Waals surface area contributed by atoms with Crippen molar-refractivity contribution in [1.82, 2.24) is 0 Å². The Morgan fingerprint density at radius 2 is 1.91 bits per heavy atom. The number of amides is 1. The van der Waals surface area contributed by atoms with Gasteiger partial charge in [0.15, 0.2) is 0 Å². The minimum atomic E-state index is 0.0311. The molecule has 4 heteroatoms. The summed E-state index contributed by atoms with van der Waals surface area (Å²) >= 11 is 3.48. The summed E-state index contributed by atoms with van der Waals surface area (Å²) in [5.74, 6) is 0.0311. The Morgan fingerprint density at radius 3 is 2.64 bits per heavy atom. The number of benzene rings is 2. The molecule has 0 unspecified atom stereocenters. The Balaban J connectivity index is 1.90. The number of halogens is 1. The van der Waals surface area contributed by atoms with Crippen molar-refractivity contribution < 1.29 is 4.79 Å². The van der Waals surface area contributed by atoms with Gasteiger partial charge < -0.3 is 10.6 Å². The molecule has 1 amide bonds. The first kappa shape index (κ1) is 16.6. The number of hydrogen-bond donors (Lipinski definition) is 2. The van der Waals surface area contributed by atoms with E-state index in [1.807, 2.05) is 43.3 Å². The highest BCUT2D eigenvalue weighted by molar-refractivity contribution is 9.10. The number of carbonyl (C=O) groups excluding carboxylic acids is 1. The van der Waals surface area contributed by atoms with Crippen LogP contribution in [0.4, 0.5) is 11.4 Å². The first-order valence-corrected chi connectivity index (χ1v) is 8.28. The van der Waals surface area contributed by atoms with Crippen LogP contribution >= 0.6 is 15.9 Å². The number of aryl methyl sites for hydroxylation is 2. The lowest BCUT2D eigenvalue weighted by Crippen LogP contribution is -2.17. The van der Waals surface area contributed by atoms with Gasteiger partial charge in [-0.25, -0.2) is 0 Å². The van der Waals surface area contributed by atoms with Crippen molar-refractivity contribution in [3.05, 3.63) is 58.1 Å². The van der Waals surface area contributed by atoms with Gasteiger partial charge in [-0.05, 0) is 52.5 Å². The molecule has 0 radical (unpaired) electrons. The SMILES string of the molecule is CCc1cccc(C)c1NC(=O)CCNc1ccccc1Br. The van der Waals surface area contributed by atoms with Crippen molar-refractivity contribution in [3.63, 3.8) is 0 Å². The van der Waals surface area contributed by atoms with Gasteiger partial charge in [-0.2, -0.15) is 0 Å². The van der Waals surface area contributed by atoms with Gasteiger partial charge in [0.25, 0.3) is 0 Å². The van der Waals surface area contributed by atoms with Crippen LogP contribution in [-0.4, -0.2) is 12.5 Å². The van der Waals surface area contributed by atoms with E-state index < -0.39 is 0 Å². The zero-order valence-electron chi connectivity index (χ0n) is 12.9. The molecule has 2 aromatic carbocycles. The van der Waals surface area contributed by atoms with Crippen molar-refractivity contribution in [2.24, 2.45) is 0 Å². The molecule has 0 fully saturated rings. The molecule has 0 heterocycles. The second kappa shape index (κ2) is 7.99. The van der Waals surface area contributed by atoms with Crippen LogP contribution in [0.15, 0.2) is 46.9 Å². The molecule has 0 bridgehead atoms. The lowest BCUT2D eigenvalue weighted by atomic mass is 10.1. The Hall–Kier alpha value is -1.81. The Kier molecular flexibility index (Phi) is 6.01. The molecule has 0 spiro atoms. The van der Waals surface area contributed by atoms with E-state index in [0.29, 0.717) is 13.0 Å². The number of anilines is 2. The molecule has 0 aliphatic heterocycles. The van der Waals surface area contributed by atoms with Crippen molar-refractivity contribution in [2.45, 2.75) is 26.7 Å². The second-order valence-corrected chi connectivity index (χ2v) is 6.02. The van der Waals surface area contributed by atoms with Gasteiger partial charge in [-0.1, -0.05) is 37.3 Å². The standard InChI is InChI=1S/C18H21BrN2O/c1-3-14-8-6-7-13(2)18(14)21-17(22)11-12-20-16-10-5-4-9-15(16)19/h4-10,20H,3,11-12H2,1-2H3,(H,21,22). The van der Waals surface area contributed by atoms with Crippen molar-refractivity contribution >= 4 is 33.2 Å². The average Bonchev–Trinajstić information content (AvgIpc) is 2.51. The fourth-order valence-electron chi connectivity index (χ4n) is 2.32. The smallest absolute Gasteiger partial charge is 0.226 e. The molecule has 116 valence electrons. The highest BCUT2D eigenvalue weighted by Crippen LogP contribution is 2.22. The zero-order valence-corrected chi connectivity index (χ0v) is 14.5. The van der Waals surface area contributed by atoms with Crippen molar-refractivity contribution in [3.8, 4) is 0 Å². The summed E-state index contributed by atoms with van der Waals surface area (Å²) in [6.45, 7) is 4.72. The van der Waals surface area contributed by atoms with Crippen LogP contribution in [0.25, 0.3) is 0 Å². The maximum absolute atomic E-state index is 12.1. The molecule has 0 saturated heterocycles. The third kappa shape index (κ3) is 4.34. The van der Waals surface area contributed by atoms with Crippen LogP contribution in [0.5, 0.6) is 0 Å². The third-order valence-electron chi connectivity index (χ3n) is 3.55. The van der Waals surface area contributed by atoms with Crippen LogP contribution in [0.3, 0.4) is 0 Å². The molecule has 0 aliphatic carbocycles. The maximum Gasteiger partial charge on any atom is 0.226 e. The Bertz CT molecular complexity index is 655. The van der Waals surface area contributed by atoms with Gasteiger partial charge >= 0.3 is 0 Å². The van der Waals surface area contributed by atoms with E-state index in [1.165, 1.54) is 5.56 Å². The first-order valence-electron chi connectivity index (χ1n) is 7.48. The number of nitrogens with one attached hydrogen (secondary N) is 2. The predicted molar refractivity (Wildman–Crippen MR) is 96.4 cm³/mol. The molecule has 0 aromatic heterocycles. The van der Waals surface area contributed by atoms with Gasteiger partial charge in [0.1, 0.15) is 0 Å². The van der Waals surface area contributed by atoms with Gasteiger partial charge in [0.2, 0.25) is 5.91 Å². The number of hydrogen-bond acceptors (Lipinski definition) is 2. The maximum atomic E-state index is 12.1. The van der Waals surface area contributed by atoms with Gasteiger partial charge in [0, 0.05) is 28.8 Å². The molecule has 22 heavy (non-hydrogen) atoms. The highest BCUT2D eigenvalue weighted by atomic mass is 79.9. The molecule has 0 atom stereocenters. The van der Waals surface area contributed by atoms with Gasteiger partial charge in [-0.15, -0.1) is 0 Å². The summed E-state index contributed by atoms with van der Waals surface area (Å²) < 4.78 is 1.00. The zero-order chi connectivity index (χ0) is 15.9. The van der Waals surface area contributed by atoms with E-state index in [4.69, 9.17) is 0 Å². The van der Waals surface area contributed by atoms with E-state index in [1.54, 1.807) is 0 Å². The van der Waals surface area contributed by atoms with E-state index >= 15 is 0 Å². The average molecular weight is 361 g/mol. The number of para-hydroxylation sites is 2. The van der Waals surface area contributed by atoms with Crippen LogP contribution < -0.4 is 10.6 Å². The quantitative estimate of drug-likeness (QED) is 0.779. The molecule has 0 aliphatic rings. The normalized spacial score (nSPS) is 10.3. The molecule has 2 aromatic rings. The minimum Gasteiger partial charge on any atom is -0.384 e. The summed E-state index contributed by atoms with van der Waals surface area (Å²) in [6, 6.07) is 14.0. The molecule has 2 N–H and O–H groups in total. The summed E-state index contributed by atoms with van der Waals surface area (Å²) in [7, 11) is 0. The molecule has 2 rings (SSSR count). The van der Waals surface area contributed by atoms with E-state index in [2.05, 4.69) is 39.6 Å². The first-order chi connectivity index (χ1) is 10.6. The molecule has 3 nitrogen and oxygen atoms in total. The van der Waals surface area contributed by atoms with Crippen molar-refractivity contribution in [1.29, 1.82) is 0 Å². The number of carbonyl (C=O) groups is 1. The van der Waals surface area contributed by atoms with Crippen LogP contribution in [0.2, 0.25) is 0 Å². The summed E-state index contributed by atoms with van der Waals surface area (Å²) in [6.07, 6.45) is 1.34. The van der Waals surface area contributed by atoms with Crippen LogP contribution in [0.1, 0.15) is 24.5 Å². The molecule has 0 saturated carbocycles. The predicted octanol–water partition coefficient (Wildman–Crippen LogP) is 4.76. The minimum absolute atomic E-state index is 0.0311.